The Morgan fingerprint density at radius 1 is 1.00 bits per heavy atom. The molecule has 0 saturated heterocycles. The van der Waals surface area contributed by atoms with Crippen LogP contribution in [0.15, 0.2) is 54.6 Å². The van der Waals surface area contributed by atoms with Gasteiger partial charge in [0, 0.05) is 12.1 Å². The molecule has 0 spiro atoms. The smallest absolute Gasteiger partial charge is 0.0991 e. The normalized spacial score (nSPS) is 9.65. The van der Waals surface area contributed by atoms with Crippen LogP contribution in [0.5, 0.6) is 0 Å². The lowest BCUT2D eigenvalue weighted by molar-refractivity contribution is 0.369. The molecule has 0 N–H and O–H groups in total. The van der Waals surface area contributed by atoms with Crippen molar-refractivity contribution < 1.29 is 0 Å². The molecular weight excluding hydrogens is 244 g/mol. The third kappa shape index (κ3) is 4.28. The Morgan fingerprint density at radius 3 is 2.50 bits per heavy atom. The highest BCUT2D eigenvalue weighted by Gasteiger charge is 1.99. The summed E-state index contributed by atoms with van der Waals surface area (Å²) in [5, 5.41) is 8.88. The lowest BCUT2D eigenvalue weighted by Gasteiger charge is -2.13. The van der Waals surface area contributed by atoms with Gasteiger partial charge in [-0.15, -0.1) is 0 Å². The van der Waals surface area contributed by atoms with Crippen LogP contribution in [0, 0.1) is 23.2 Å². The van der Waals surface area contributed by atoms with Gasteiger partial charge in [0.1, 0.15) is 0 Å². The highest BCUT2D eigenvalue weighted by atomic mass is 15.1. The summed E-state index contributed by atoms with van der Waals surface area (Å²) < 4.78 is 0. The first kappa shape index (κ1) is 13.9. The van der Waals surface area contributed by atoms with Gasteiger partial charge in [0.25, 0.3) is 0 Å². The molecule has 0 unspecified atom stereocenters. The number of rotatable bonds is 3. The van der Waals surface area contributed by atoms with E-state index < -0.39 is 0 Å². The molecule has 0 radical (unpaired) electrons. The van der Waals surface area contributed by atoms with Gasteiger partial charge in [-0.3, -0.25) is 4.90 Å². The minimum Gasteiger partial charge on any atom is -0.291 e. The molecule has 0 aliphatic carbocycles. The molecule has 0 aliphatic rings. The van der Waals surface area contributed by atoms with Crippen LogP contribution in [0.2, 0.25) is 0 Å². The van der Waals surface area contributed by atoms with Crippen molar-refractivity contribution in [3.05, 3.63) is 71.3 Å². The molecule has 0 amide bonds. The number of hydrogen-bond donors (Lipinski definition) is 0. The van der Waals surface area contributed by atoms with Gasteiger partial charge in [-0.05, 0) is 36.9 Å². The van der Waals surface area contributed by atoms with Gasteiger partial charge in [0.05, 0.1) is 18.2 Å². The Balaban J connectivity index is 1.91. The van der Waals surface area contributed by atoms with Gasteiger partial charge >= 0.3 is 0 Å². The van der Waals surface area contributed by atoms with Crippen molar-refractivity contribution in [1.82, 2.24) is 4.90 Å². The Morgan fingerprint density at radius 2 is 1.75 bits per heavy atom. The van der Waals surface area contributed by atoms with Crippen LogP contribution in [0.25, 0.3) is 0 Å². The third-order valence-corrected chi connectivity index (χ3v) is 2.86. The van der Waals surface area contributed by atoms with Crippen molar-refractivity contribution in [3.63, 3.8) is 0 Å². The average molecular weight is 260 g/mol. The van der Waals surface area contributed by atoms with E-state index in [1.165, 1.54) is 0 Å². The highest BCUT2D eigenvalue weighted by Crippen LogP contribution is 2.06. The van der Waals surface area contributed by atoms with E-state index >= 15 is 0 Å². The number of hydrogen-bond acceptors (Lipinski definition) is 2. The van der Waals surface area contributed by atoms with E-state index in [-0.39, 0.29) is 0 Å². The van der Waals surface area contributed by atoms with Crippen molar-refractivity contribution in [2.75, 3.05) is 13.6 Å². The molecule has 2 aromatic rings. The van der Waals surface area contributed by atoms with E-state index in [0.717, 1.165) is 17.7 Å². The number of benzene rings is 2. The maximum atomic E-state index is 8.88. The second-order valence-electron chi connectivity index (χ2n) is 4.65. The maximum Gasteiger partial charge on any atom is 0.0991 e. The van der Waals surface area contributed by atoms with E-state index in [0.29, 0.717) is 12.1 Å². The molecule has 0 atom stereocenters. The standard InChI is InChI=1S/C18H16N2/c1-20(12-6-11-16-7-3-2-4-8-16)15-18-10-5-9-17(13-18)14-19/h2-5,7-10,13H,12,15H2,1H3. The van der Waals surface area contributed by atoms with Crippen LogP contribution >= 0.6 is 0 Å². The predicted octanol–water partition coefficient (Wildman–Crippen LogP) is 3.04. The Labute approximate surface area is 120 Å². The van der Waals surface area contributed by atoms with Gasteiger partial charge in [0.2, 0.25) is 0 Å². The summed E-state index contributed by atoms with van der Waals surface area (Å²) in [5.41, 5.74) is 2.87. The highest BCUT2D eigenvalue weighted by molar-refractivity contribution is 5.34. The summed E-state index contributed by atoms with van der Waals surface area (Å²) in [7, 11) is 2.03. The zero-order valence-corrected chi connectivity index (χ0v) is 11.5. The van der Waals surface area contributed by atoms with Crippen LogP contribution in [0.4, 0.5) is 0 Å². The largest absolute Gasteiger partial charge is 0.291 e. The zero-order chi connectivity index (χ0) is 14.2. The fraction of sp³-hybridized carbons (Fsp3) is 0.167. The van der Waals surface area contributed by atoms with E-state index in [4.69, 9.17) is 5.26 Å². The minimum atomic E-state index is 0.700. The number of nitriles is 1. The maximum absolute atomic E-state index is 8.88. The van der Waals surface area contributed by atoms with E-state index in [1.54, 1.807) is 0 Å². The van der Waals surface area contributed by atoms with Gasteiger partial charge in [-0.25, -0.2) is 0 Å². The Bertz CT molecular complexity index is 657. The van der Waals surface area contributed by atoms with Gasteiger partial charge in [-0.1, -0.05) is 42.2 Å². The van der Waals surface area contributed by atoms with E-state index in [9.17, 15) is 0 Å². The molecule has 98 valence electrons. The van der Waals surface area contributed by atoms with Crippen molar-refractivity contribution in [3.8, 4) is 17.9 Å². The van der Waals surface area contributed by atoms with Crippen LogP contribution in [0.3, 0.4) is 0 Å². The molecule has 0 aromatic heterocycles. The molecule has 0 heterocycles. The summed E-state index contributed by atoms with van der Waals surface area (Å²) in [6, 6.07) is 19.8. The first-order chi connectivity index (χ1) is 9.78. The molecular formula is C18H16N2. The summed E-state index contributed by atoms with van der Waals surface area (Å²) in [5.74, 6) is 6.30. The number of nitrogens with zero attached hydrogens (tertiary/aromatic N) is 2. The molecule has 2 rings (SSSR count). The van der Waals surface area contributed by atoms with Crippen LogP contribution < -0.4 is 0 Å². The van der Waals surface area contributed by atoms with Crippen molar-refractivity contribution in [1.29, 1.82) is 5.26 Å². The second-order valence-corrected chi connectivity index (χ2v) is 4.65. The van der Waals surface area contributed by atoms with Gasteiger partial charge < -0.3 is 0 Å². The monoisotopic (exact) mass is 260 g/mol. The lowest BCUT2D eigenvalue weighted by Crippen LogP contribution is -2.17. The molecule has 20 heavy (non-hydrogen) atoms. The Kier molecular flexibility index (Phi) is 4.95. The molecule has 0 fully saturated rings. The predicted molar refractivity (Wildman–Crippen MR) is 80.8 cm³/mol. The lowest BCUT2D eigenvalue weighted by atomic mass is 10.1. The fourth-order valence-electron chi connectivity index (χ4n) is 1.90. The van der Waals surface area contributed by atoms with Crippen molar-refractivity contribution in [2.24, 2.45) is 0 Å². The van der Waals surface area contributed by atoms with Gasteiger partial charge in [0.15, 0.2) is 0 Å². The van der Waals surface area contributed by atoms with Gasteiger partial charge in [-0.2, -0.15) is 5.26 Å². The second kappa shape index (κ2) is 7.14. The zero-order valence-electron chi connectivity index (χ0n) is 11.5. The molecule has 0 saturated carbocycles. The van der Waals surface area contributed by atoms with Crippen molar-refractivity contribution in [2.45, 2.75) is 6.54 Å². The van der Waals surface area contributed by atoms with E-state index in [2.05, 4.69) is 22.8 Å². The van der Waals surface area contributed by atoms with E-state index in [1.807, 2.05) is 61.6 Å². The molecule has 0 aliphatic heterocycles. The topological polar surface area (TPSA) is 27.0 Å². The molecule has 2 aromatic carbocycles. The quantitative estimate of drug-likeness (QED) is 0.793. The summed E-state index contributed by atoms with van der Waals surface area (Å²) in [6.07, 6.45) is 0. The Hall–Kier alpha value is -2.55. The summed E-state index contributed by atoms with van der Waals surface area (Å²) in [4.78, 5) is 2.13. The first-order valence-corrected chi connectivity index (χ1v) is 6.49. The van der Waals surface area contributed by atoms with Crippen molar-refractivity contribution >= 4 is 0 Å². The fourth-order valence-corrected chi connectivity index (χ4v) is 1.90. The van der Waals surface area contributed by atoms with Crippen LogP contribution in [-0.4, -0.2) is 18.5 Å². The third-order valence-electron chi connectivity index (χ3n) is 2.86. The van der Waals surface area contributed by atoms with Crippen LogP contribution in [-0.2, 0) is 6.54 Å². The SMILES string of the molecule is CN(CC#Cc1ccccc1)Cc1cccc(C#N)c1. The summed E-state index contributed by atoms with van der Waals surface area (Å²) >= 11 is 0. The summed E-state index contributed by atoms with van der Waals surface area (Å²) in [6.45, 7) is 1.49. The molecule has 2 nitrogen and oxygen atoms in total. The molecule has 0 bridgehead atoms. The first-order valence-electron chi connectivity index (χ1n) is 6.49. The molecule has 2 heteroatoms. The average Bonchev–Trinajstić information content (AvgIpc) is 2.48. The minimum absolute atomic E-state index is 0.700. The van der Waals surface area contributed by atoms with Crippen LogP contribution in [0.1, 0.15) is 16.7 Å².